The summed E-state index contributed by atoms with van der Waals surface area (Å²) in [5.74, 6) is 0.670. The Labute approximate surface area is 172 Å². The summed E-state index contributed by atoms with van der Waals surface area (Å²) < 4.78 is 27.5. The fourth-order valence-electron chi connectivity index (χ4n) is 2.54. The second-order valence-corrected chi connectivity index (χ2v) is 9.88. The zero-order chi connectivity index (χ0) is 20.3. The molecular weight excluding hydrogens is 406 g/mol. The van der Waals surface area contributed by atoms with Crippen LogP contribution in [0.2, 0.25) is 4.34 Å². The molecule has 1 atom stereocenters. The van der Waals surface area contributed by atoms with Gasteiger partial charge in [-0.25, -0.2) is 13.1 Å². The number of nitrogens with zero attached hydrogens (tertiary/aromatic N) is 2. The van der Waals surface area contributed by atoms with Crippen LogP contribution in [0.4, 0.5) is 0 Å². The average molecular weight is 438 g/mol. The van der Waals surface area contributed by atoms with Crippen LogP contribution in [0.3, 0.4) is 0 Å². The highest BCUT2D eigenvalue weighted by Crippen LogP contribution is 2.25. The molecule has 0 saturated heterocycles. The maximum atomic E-state index is 12.1. The predicted octanol–water partition coefficient (Wildman–Crippen LogP) is 2.36. The number of guanidine groups is 1. The van der Waals surface area contributed by atoms with Crippen LogP contribution in [-0.2, 0) is 10.0 Å². The van der Waals surface area contributed by atoms with E-state index in [0.717, 1.165) is 43.8 Å². The predicted molar refractivity (Wildman–Crippen MR) is 115 cm³/mol. The lowest BCUT2D eigenvalue weighted by Crippen LogP contribution is -2.45. The summed E-state index contributed by atoms with van der Waals surface area (Å²) in [7, 11) is -1.81. The number of aliphatic imine (C=N–C) groups is 1. The molecule has 7 nitrogen and oxygen atoms in total. The van der Waals surface area contributed by atoms with Crippen LogP contribution in [0.25, 0.3) is 0 Å². The number of rotatable bonds is 12. The van der Waals surface area contributed by atoms with Crippen LogP contribution in [0.5, 0.6) is 0 Å². The Balaban J connectivity index is 2.29. The minimum Gasteiger partial charge on any atom is -0.355 e. The van der Waals surface area contributed by atoms with E-state index in [1.54, 1.807) is 13.1 Å². The molecule has 0 radical (unpaired) electrons. The first kappa shape index (κ1) is 24.2. The van der Waals surface area contributed by atoms with Crippen molar-refractivity contribution in [2.24, 2.45) is 4.99 Å². The molecule has 156 valence electrons. The number of hydrogen-bond acceptors (Lipinski definition) is 5. The van der Waals surface area contributed by atoms with Gasteiger partial charge < -0.3 is 15.5 Å². The third-order valence-electron chi connectivity index (χ3n) is 4.14. The summed E-state index contributed by atoms with van der Waals surface area (Å²) in [6.07, 6.45) is 2.17. The topological polar surface area (TPSA) is 85.8 Å². The molecular formula is C17H32ClN5O2S2. The first-order chi connectivity index (χ1) is 12.8. The Hall–Kier alpha value is -0.870. The molecule has 1 aromatic heterocycles. The van der Waals surface area contributed by atoms with Gasteiger partial charge in [0, 0.05) is 26.2 Å². The first-order valence-corrected chi connectivity index (χ1v) is 11.9. The highest BCUT2D eigenvalue weighted by Gasteiger charge is 2.15. The highest BCUT2D eigenvalue weighted by molar-refractivity contribution is 7.91. The smallest absolute Gasteiger partial charge is 0.250 e. The molecule has 1 heterocycles. The Morgan fingerprint density at radius 3 is 2.56 bits per heavy atom. The van der Waals surface area contributed by atoms with Crippen LogP contribution in [-0.4, -0.2) is 65.1 Å². The van der Waals surface area contributed by atoms with Crippen LogP contribution < -0.4 is 15.4 Å². The van der Waals surface area contributed by atoms with Crippen molar-refractivity contribution in [2.45, 2.75) is 43.9 Å². The molecule has 0 bridgehead atoms. The number of nitrogens with one attached hydrogen (secondary N) is 3. The third-order valence-corrected chi connectivity index (χ3v) is 7.32. The Kier molecular flexibility index (Phi) is 11.2. The zero-order valence-corrected chi connectivity index (χ0v) is 19.0. The monoisotopic (exact) mass is 437 g/mol. The molecule has 0 aliphatic carbocycles. The first-order valence-electron chi connectivity index (χ1n) is 9.26. The van der Waals surface area contributed by atoms with Crippen molar-refractivity contribution < 1.29 is 8.42 Å². The van der Waals surface area contributed by atoms with Gasteiger partial charge in [0.2, 0.25) is 10.0 Å². The number of thiophene rings is 1. The Morgan fingerprint density at radius 1 is 1.30 bits per heavy atom. The summed E-state index contributed by atoms with van der Waals surface area (Å²) in [6.45, 7) is 10.4. The average Bonchev–Trinajstić information content (AvgIpc) is 3.08. The van der Waals surface area contributed by atoms with E-state index in [9.17, 15) is 8.42 Å². The summed E-state index contributed by atoms with van der Waals surface area (Å²) in [4.78, 5) is 6.60. The van der Waals surface area contributed by atoms with Gasteiger partial charge in [0.1, 0.15) is 4.21 Å². The Morgan fingerprint density at radius 2 is 2.00 bits per heavy atom. The van der Waals surface area contributed by atoms with Crippen molar-refractivity contribution in [3.63, 3.8) is 0 Å². The molecule has 10 heteroatoms. The fourth-order valence-corrected chi connectivity index (χ4v) is 5.10. The quantitative estimate of drug-likeness (QED) is 0.265. The number of hydrogen-bond donors (Lipinski definition) is 3. The van der Waals surface area contributed by atoms with Crippen LogP contribution in [0.1, 0.15) is 33.6 Å². The van der Waals surface area contributed by atoms with Gasteiger partial charge in [-0.05, 0) is 51.5 Å². The van der Waals surface area contributed by atoms with Crippen LogP contribution in [0, 0.1) is 0 Å². The van der Waals surface area contributed by atoms with Crippen LogP contribution in [0.15, 0.2) is 21.3 Å². The van der Waals surface area contributed by atoms with Gasteiger partial charge in [-0.3, -0.25) is 4.99 Å². The van der Waals surface area contributed by atoms with Gasteiger partial charge in [-0.2, -0.15) is 0 Å². The van der Waals surface area contributed by atoms with E-state index in [1.165, 1.54) is 6.07 Å². The lowest BCUT2D eigenvalue weighted by molar-refractivity contribution is 0.292. The van der Waals surface area contributed by atoms with Gasteiger partial charge in [0.15, 0.2) is 5.96 Å². The minimum atomic E-state index is -3.51. The van der Waals surface area contributed by atoms with E-state index in [-0.39, 0.29) is 16.8 Å². The van der Waals surface area contributed by atoms with Gasteiger partial charge in [-0.1, -0.05) is 25.4 Å². The standard InChI is InChI=1S/C17H32ClN5O2S2/c1-5-23(6-2)13-7-8-14(3)22-17(19-4)20-11-12-21-27(24,25)16-10-9-15(18)26-16/h9-10,14,21H,5-8,11-13H2,1-4H3,(H2,19,20,22). The molecule has 0 amide bonds. The molecule has 0 fully saturated rings. The maximum Gasteiger partial charge on any atom is 0.250 e. The number of halogens is 1. The van der Waals surface area contributed by atoms with Gasteiger partial charge in [0.25, 0.3) is 0 Å². The molecule has 1 rings (SSSR count). The maximum absolute atomic E-state index is 12.1. The fraction of sp³-hybridized carbons (Fsp3) is 0.706. The summed E-state index contributed by atoms with van der Waals surface area (Å²) in [5.41, 5.74) is 0. The lowest BCUT2D eigenvalue weighted by atomic mass is 10.2. The second-order valence-electron chi connectivity index (χ2n) is 6.17. The third kappa shape index (κ3) is 9.25. The van der Waals surface area contributed by atoms with Crippen molar-refractivity contribution in [3.8, 4) is 0 Å². The van der Waals surface area contributed by atoms with E-state index in [1.807, 2.05) is 0 Å². The lowest BCUT2D eigenvalue weighted by Gasteiger charge is -2.21. The summed E-state index contributed by atoms with van der Waals surface area (Å²) in [5, 5.41) is 6.47. The van der Waals surface area contributed by atoms with Crippen molar-refractivity contribution in [1.82, 2.24) is 20.3 Å². The molecule has 0 saturated carbocycles. The van der Waals surface area contributed by atoms with Gasteiger partial charge in [0.05, 0.1) is 4.34 Å². The van der Waals surface area contributed by atoms with Crippen molar-refractivity contribution >= 4 is 38.9 Å². The summed E-state index contributed by atoms with van der Waals surface area (Å²) in [6, 6.07) is 3.37. The molecule has 0 aliphatic rings. The SMILES string of the molecule is CCN(CC)CCCC(C)NC(=NC)NCCNS(=O)(=O)c1ccc(Cl)s1. The van der Waals surface area contributed by atoms with Crippen molar-refractivity contribution in [1.29, 1.82) is 0 Å². The molecule has 1 aromatic rings. The Bertz CT molecular complexity index is 675. The van der Waals surface area contributed by atoms with E-state index in [0.29, 0.717) is 16.8 Å². The van der Waals surface area contributed by atoms with Gasteiger partial charge in [-0.15, -0.1) is 11.3 Å². The zero-order valence-electron chi connectivity index (χ0n) is 16.6. The normalized spacial score (nSPS) is 13.8. The molecule has 27 heavy (non-hydrogen) atoms. The van der Waals surface area contributed by atoms with Crippen LogP contribution >= 0.6 is 22.9 Å². The van der Waals surface area contributed by atoms with Gasteiger partial charge >= 0.3 is 0 Å². The largest absolute Gasteiger partial charge is 0.355 e. The van der Waals surface area contributed by atoms with E-state index >= 15 is 0 Å². The molecule has 0 aromatic carbocycles. The van der Waals surface area contributed by atoms with Crippen molar-refractivity contribution in [3.05, 3.63) is 16.5 Å². The molecule has 1 unspecified atom stereocenters. The van der Waals surface area contributed by atoms with E-state index in [4.69, 9.17) is 11.6 Å². The second kappa shape index (κ2) is 12.6. The molecule has 0 aliphatic heterocycles. The van der Waals surface area contributed by atoms with E-state index in [2.05, 4.69) is 46.0 Å². The number of sulfonamides is 1. The van der Waals surface area contributed by atoms with E-state index < -0.39 is 10.0 Å². The molecule has 3 N–H and O–H groups in total. The molecule has 0 spiro atoms. The van der Waals surface area contributed by atoms with Crippen molar-refractivity contribution in [2.75, 3.05) is 39.8 Å². The summed E-state index contributed by atoms with van der Waals surface area (Å²) >= 11 is 6.83. The highest BCUT2D eigenvalue weighted by atomic mass is 35.5. The minimum absolute atomic E-state index is 0.219.